The minimum absolute atomic E-state index is 0.0434. The standard InChI is InChI=1S/C17H12F2N4O3/c1-26-11-5-2-9(3-6-11)23-15-14(20-21-23)16(24)22(17(15)25)10-4-7-12(18)13(19)8-10/h2-8,14-15H,1H3/t14-,15+/m0/s1. The van der Waals surface area contributed by atoms with Crippen LogP contribution in [0.5, 0.6) is 5.75 Å². The Hall–Kier alpha value is -3.36. The Bertz CT molecular complexity index is 932. The molecule has 0 aromatic heterocycles. The molecule has 7 nitrogen and oxygen atoms in total. The molecule has 2 aliphatic rings. The highest BCUT2D eigenvalue weighted by Gasteiger charge is 2.55. The second kappa shape index (κ2) is 5.87. The molecule has 2 atom stereocenters. The maximum atomic E-state index is 13.5. The number of methoxy groups -OCH3 is 1. The van der Waals surface area contributed by atoms with Gasteiger partial charge in [0.25, 0.3) is 11.8 Å². The van der Waals surface area contributed by atoms with Crippen LogP contribution in [0.25, 0.3) is 0 Å². The van der Waals surface area contributed by atoms with Crippen molar-refractivity contribution >= 4 is 23.2 Å². The van der Waals surface area contributed by atoms with Crippen LogP contribution in [0, 0.1) is 11.6 Å². The van der Waals surface area contributed by atoms with Gasteiger partial charge in [-0.25, -0.2) is 18.7 Å². The zero-order valence-corrected chi connectivity index (χ0v) is 13.5. The van der Waals surface area contributed by atoms with Gasteiger partial charge in [0, 0.05) is 6.07 Å². The first-order valence-corrected chi connectivity index (χ1v) is 7.68. The number of hydrogen-bond donors (Lipinski definition) is 0. The van der Waals surface area contributed by atoms with Crippen LogP contribution in [-0.4, -0.2) is 31.0 Å². The summed E-state index contributed by atoms with van der Waals surface area (Å²) in [5.74, 6) is -2.82. The van der Waals surface area contributed by atoms with Crippen molar-refractivity contribution in [3.05, 3.63) is 54.1 Å². The zero-order chi connectivity index (χ0) is 18.4. The second-order valence-corrected chi connectivity index (χ2v) is 5.75. The molecule has 2 aromatic carbocycles. The fourth-order valence-corrected chi connectivity index (χ4v) is 2.99. The lowest BCUT2D eigenvalue weighted by Gasteiger charge is -2.20. The minimum atomic E-state index is -1.14. The van der Waals surface area contributed by atoms with Gasteiger partial charge in [0.1, 0.15) is 5.75 Å². The molecular formula is C17H12F2N4O3. The van der Waals surface area contributed by atoms with Crippen LogP contribution in [-0.2, 0) is 9.59 Å². The van der Waals surface area contributed by atoms with E-state index in [2.05, 4.69) is 10.3 Å². The first-order valence-electron chi connectivity index (χ1n) is 7.68. The Kier molecular flexibility index (Phi) is 3.64. The van der Waals surface area contributed by atoms with Crippen molar-refractivity contribution in [3.63, 3.8) is 0 Å². The number of hydrogen-bond acceptors (Lipinski definition) is 6. The van der Waals surface area contributed by atoms with Gasteiger partial charge in [0.15, 0.2) is 23.7 Å². The molecule has 0 bridgehead atoms. The van der Waals surface area contributed by atoms with E-state index in [4.69, 9.17) is 4.74 Å². The summed E-state index contributed by atoms with van der Waals surface area (Å²) in [6, 6.07) is 7.57. The summed E-state index contributed by atoms with van der Waals surface area (Å²) >= 11 is 0. The fraction of sp³-hybridized carbons (Fsp3) is 0.176. The van der Waals surface area contributed by atoms with Gasteiger partial charge in [0.05, 0.1) is 18.5 Å². The maximum Gasteiger partial charge on any atom is 0.263 e. The van der Waals surface area contributed by atoms with Gasteiger partial charge in [-0.1, -0.05) is 5.22 Å². The van der Waals surface area contributed by atoms with Gasteiger partial charge < -0.3 is 4.74 Å². The van der Waals surface area contributed by atoms with Crippen LogP contribution < -0.4 is 14.6 Å². The molecule has 0 aliphatic carbocycles. The van der Waals surface area contributed by atoms with Gasteiger partial charge in [-0.3, -0.25) is 9.59 Å². The number of ether oxygens (including phenoxy) is 1. The Morgan fingerprint density at radius 2 is 1.65 bits per heavy atom. The van der Waals surface area contributed by atoms with Gasteiger partial charge >= 0.3 is 0 Å². The summed E-state index contributed by atoms with van der Waals surface area (Å²) in [6.45, 7) is 0. The molecule has 2 heterocycles. The van der Waals surface area contributed by atoms with E-state index in [1.165, 1.54) is 18.2 Å². The van der Waals surface area contributed by atoms with Crippen LogP contribution in [0.15, 0.2) is 52.8 Å². The van der Waals surface area contributed by atoms with E-state index < -0.39 is 35.5 Å². The number of nitrogens with zero attached hydrogens (tertiary/aromatic N) is 4. The van der Waals surface area contributed by atoms with Gasteiger partial charge in [-0.05, 0) is 36.4 Å². The highest BCUT2D eigenvalue weighted by molar-refractivity contribution is 6.26. The van der Waals surface area contributed by atoms with E-state index in [1.807, 2.05) is 0 Å². The number of carbonyl (C=O) groups is 2. The first-order chi connectivity index (χ1) is 12.5. The lowest BCUT2D eigenvalue weighted by atomic mass is 10.1. The summed E-state index contributed by atoms with van der Waals surface area (Å²) in [4.78, 5) is 26.2. The molecule has 1 saturated heterocycles. The van der Waals surface area contributed by atoms with Gasteiger partial charge in [-0.15, -0.1) is 0 Å². The number of benzene rings is 2. The molecule has 0 saturated carbocycles. The minimum Gasteiger partial charge on any atom is -0.497 e. The van der Waals surface area contributed by atoms with E-state index in [1.54, 1.807) is 24.3 Å². The molecule has 0 radical (unpaired) electrons. The number of carbonyl (C=O) groups excluding carboxylic acids is 2. The largest absolute Gasteiger partial charge is 0.497 e. The molecule has 0 N–H and O–H groups in total. The highest BCUT2D eigenvalue weighted by atomic mass is 19.2. The van der Waals surface area contributed by atoms with Crippen molar-refractivity contribution in [2.75, 3.05) is 17.0 Å². The topological polar surface area (TPSA) is 74.6 Å². The average molecular weight is 358 g/mol. The Labute approximate surface area is 146 Å². The predicted molar refractivity (Wildman–Crippen MR) is 86.8 cm³/mol. The maximum absolute atomic E-state index is 13.5. The number of rotatable bonds is 3. The quantitative estimate of drug-likeness (QED) is 0.790. The monoisotopic (exact) mass is 358 g/mol. The summed E-state index contributed by atoms with van der Waals surface area (Å²) in [5, 5.41) is 9.14. The van der Waals surface area contributed by atoms with Crippen molar-refractivity contribution < 1.29 is 23.1 Å². The van der Waals surface area contributed by atoms with Crippen molar-refractivity contribution in [1.29, 1.82) is 0 Å². The molecule has 0 spiro atoms. The van der Waals surface area contributed by atoms with E-state index in [0.717, 1.165) is 17.0 Å². The molecule has 2 amide bonds. The summed E-state index contributed by atoms with van der Waals surface area (Å²) in [5.41, 5.74) is 0.508. The lowest BCUT2D eigenvalue weighted by Crippen LogP contribution is -2.39. The predicted octanol–water partition coefficient (Wildman–Crippen LogP) is 2.47. The fourth-order valence-electron chi connectivity index (χ4n) is 2.99. The smallest absolute Gasteiger partial charge is 0.263 e. The zero-order valence-electron chi connectivity index (χ0n) is 13.5. The van der Waals surface area contributed by atoms with E-state index in [0.29, 0.717) is 11.4 Å². The SMILES string of the molecule is COc1ccc(N2N=N[C@@H]3C(=O)N(c4ccc(F)c(F)c4)C(=O)[C@@H]32)cc1. The highest BCUT2D eigenvalue weighted by Crippen LogP contribution is 2.35. The third-order valence-corrected chi connectivity index (χ3v) is 4.28. The van der Waals surface area contributed by atoms with Crippen LogP contribution in [0.2, 0.25) is 0 Å². The molecular weight excluding hydrogens is 346 g/mol. The molecule has 1 fully saturated rings. The molecule has 132 valence electrons. The van der Waals surface area contributed by atoms with E-state index >= 15 is 0 Å². The third-order valence-electron chi connectivity index (χ3n) is 4.28. The Balaban J connectivity index is 1.67. The Morgan fingerprint density at radius 3 is 2.31 bits per heavy atom. The van der Waals surface area contributed by atoms with E-state index in [9.17, 15) is 18.4 Å². The van der Waals surface area contributed by atoms with Crippen LogP contribution in [0.3, 0.4) is 0 Å². The number of fused-ring (bicyclic) bond motifs is 1. The molecule has 0 unspecified atom stereocenters. The van der Waals surface area contributed by atoms with E-state index in [-0.39, 0.29) is 5.69 Å². The van der Waals surface area contributed by atoms with Gasteiger partial charge in [-0.2, -0.15) is 5.11 Å². The van der Waals surface area contributed by atoms with Crippen molar-refractivity contribution in [1.82, 2.24) is 0 Å². The summed E-state index contributed by atoms with van der Waals surface area (Å²) in [7, 11) is 1.53. The number of amides is 2. The van der Waals surface area contributed by atoms with Crippen molar-refractivity contribution in [2.45, 2.75) is 12.1 Å². The summed E-state index contributed by atoms with van der Waals surface area (Å²) in [6.07, 6.45) is 0. The third kappa shape index (κ3) is 2.32. The summed E-state index contributed by atoms with van der Waals surface area (Å²) < 4.78 is 31.7. The molecule has 2 aliphatic heterocycles. The number of halogens is 2. The van der Waals surface area contributed by atoms with Gasteiger partial charge in [0.2, 0.25) is 0 Å². The number of imide groups is 1. The molecule has 26 heavy (non-hydrogen) atoms. The number of anilines is 2. The van der Waals surface area contributed by atoms with Crippen LogP contribution in [0.1, 0.15) is 0 Å². The van der Waals surface area contributed by atoms with Crippen LogP contribution >= 0.6 is 0 Å². The first kappa shape index (κ1) is 16.1. The second-order valence-electron chi connectivity index (χ2n) is 5.75. The van der Waals surface area contributed by atoms with Crippen molar-refractivity contribution in [2.24, 2.45) is 10.3 Å². The van der Waals surface area contributed by atoms with Crippen molar-refractivity contribution in [3.8, 4) is 5.75 Å². The lowest BCUT2D eigenvalue weighted by molar-refractivity contribution is -0.121. The normalized spacial score (nSPS) is 21.5. The van der Waals surface area contributed by atoms with Crippen LogP contribution in [0.4, 0.5) is 20.2 Å². The molecule has 2 aromatic rings. The molecule has 9 heteroatoms. The average Bonchev–Trinajstić information content (AvgIpc) is 3.18. The molecule has 4 rings (SSSR count). The Morgan fingerprint density at radius 1 is 0.962 bits per heavy atom.